The van der Waals surface area contributed by atoms with E-state index in [0.29, 0.717) is 35.9 Å². The van der Waals surface area contributed by atoms with Gasteiger partial charge in [0.05, 0.1) is 6.61 Å². The molecule has 3 aliphatic carbocycles. The first-order valence-corrected chi connectivity index (χ1v) is 12.8. The first kappa shape index (κ1) is 23.4. The normalized spacial score (nSPS) is 32.5. The molecule has 5 atom stereocenters. The molecule has 6 rings (SSSR count). The Morgan fingerprint density at radius 2 is 1.85 bits per heavy atom. The number of halogens is 1. The third-order valence-corrected chi connectivity index (χ3v) is 8.57. The number of carbonyl (C=O) groups is 2. The highest BCUT2D eigenvalue weighted by Crippen LogP contribution is 2.65. The first-order valence-electron chi connectivity index (χ1n) is 11.6. The van der Waals surface area contributed by atoms with Crippen molar-refractivity contribution in [3.8, 4) is 17.2 Å². The second kappa shape index (κ2) is 7.82. The molecule has 0 aromatic heterocycles. The van der Waals surface area contributed by atoms with E-state index in [2.05, 4.69) is 15.9 Å². The van der Waals surface area contributed by atoms with Crippen molar-refractivity contribution in [2.75, 3.05) is 11.9 Å². The monoisotopic (exact) mass is 528 g/mol. The average Bonchev–Trinajstić information content (AvgIpc) is 3.04. The minimum Gasteiger partial charge on any atom is -0.507 e. The minimum absolute atomic E-state index is 0.0407. The summed E-state index contributed by atoms with van der Waals surface area (Å²) in [6.07, 6.45) is 6.25. The summed E-state index contributed by atoms with van der Waals surface area (Å²) in [5.41, 5.74) is 0.287. The minimum atomic E-state index is -1.33. The lowest BCUT2D eigenvalue weighted by Gasteiger charge is -2.58. The topological polar surface area (TPSA) is 93.1 Å². The van der Waals surface area contributed by atoms with Gasteiger partial charge in [-0.25, -0.2) is 0 Å². The van der Waals surface area contributed by atoms with E-state index >= 15 is 0 Å². The molecule has 2 heterocycles. The van der Waals surface area contributed by atoms with Crippen molar-refractivity contribution in [2.45, 2.75) is 51.7 Å². The van der Waals surface area contributed by atoms with Crippen LogP contribution in [0.15, 0.2) is 41.0 Å². The van der Waals surface area contributed by atoms with E-state index < -0.39 is 17.1 Å². The zero-order valence-electron chi connectivity index (χ0n) is 19.8. The van der Waals surface area contributed by atoms with E-state index in [-0.39, 0.29) is 46.2 Å². The van der Waals surface area contributed by atoms with Crippen LogP contribution >= 0.6 is 15.9 Å². The van der Waals surface area contributed by atoms with Crippen molar-refractivity contribution in [2.24, 2.45) is 17.8 Å². The van der Waals surface area contributed by atoms with Gasteiger partial charge in [-0.05, 0) is 40.0 Å². The number of benzene rings is 1. The molecule has 0 radical (unpaired) electrons. The van der Waals surface area contributed by atoms with Gasteiger partial charge in [0.2, 0.25) is 0 Å². The summed E-state index contributed by atoms with van der Waals surface area (Å²) in [5.74, 6) is -1.53. The maximum atomic E-state index is 14.0. The molecule has 1 aromatic rings. The lowest BCUT2D eigenvalue weighted by molar-refractivity contribution is -0.169. The number of alkyl halides is 1. The number of ketones is 2. The number of allylic oxidation sites excluding steroid dienone is 4. The van der Waals surface area contributed by atoms with Gasteiger partial charge in [0.15, 0.2) is 22.8 Å². The van der Waals surface area contributed by atoms with E-state index in [1.807, 2.05) is 39.8 Å². The quantitative estimate of drug-likeness (QED) is 0.420. The fraction of sp³-hybridized carbons (Fsp3) is 0.481. The van der Waals surface area contributed by atoms with E-state index in [9.17, 15) is 19.8 Å². The summed E-state index contributed by atoms with van der Waals surface area (Å²) in [6, 6.07) is 1.20. The van der Waals surface area contributed by atoms with E-state index in [1.54, 1.807) is 6.08 Å². The molecule has 1 spiro atoms. The second-order valence-electron chi connectivity index (χ2n) is 10.3. The van der Waals surface area contributed by atoms with Gasteiger partial charge in [-0.3, -0.25) is 9.59 Å². The summed E-state index contributed by atoms with van der Waals surface area (Å²) in [4.78, 5) is 27.9. The number of carbonyl (C=O) groups excluding carboxylic acids is 2. The molecule has 2 fully saturated rings. The van der Waals surface area contributed by atoms with Gasteiger partial charge in [-0.2, -0.15) is 0 Å². The summed E-state index contributed by atoms with van der Waals surface area (Å²) in [7, 11) is 0. The highest BCUT2D eigenvalue weighted by atomic mass is 79.9. The lowest BCUT2D eigenvalue weighted by atomic mass is 9.49. The van der Waals surface area contributed by atoms with Crippen LogP contribution < -0.4 is 4.74 Å². The molecule has 2 N–H and O–H groups in total. The summed E-state index contributed by atoms with van der Waals surface area (Å²) in [5, 5.41) is 22.0. The van der Waals surface area contributed by atoms with Crippen LogP contribution in [0.1, 0.15) is 50.0 Å². The van der Waals surface area contributed by atoms with Crippen LogP contribution in [0.4, 0.5) is 0 Å². The van der Waals surface area contributed by atoms with Crippen LogP contribution in [0.25, 0.3) is 0 Å². The van der Waals surface area contributed by atoms with E-state index in [4.69, 9.17) is 9.47 Å². The summed E-state index contributed by atoms with van der Waals surface area (Å²) >= 11 is 3.58. The SMILES string of the molecule is CC(C)=CCc1c(O)cc(O)c2c1OC13C(=CC4C(=O)C1(CC=C(C)C)OCC3C4CBr)C2=O. The van der Waals surface area contributed by atoms with Crippen LogP contribution in [0.5, 0.6) is 17.2 Å². The van der Waals surface area contributed by atoms with Crippen molar-refractivity contribution in [3.05, 3.63) is 52.1 Å². The molecule has 4 bridgehead atoms. The molecule has 180 valence electrons. The predicted octanol–water partition coefficient (Wildman–Crippen LogP) is 4.81. The Labute approximate surface area is 207 Å². The third-order valence-electron chi connectivity index (χ3n) is 7.82. The van der Waals surface area contributed by atoms with Crippen molar-refractivity contribution in [1.29, 1.82) is 0 Å². The standard InChI is InChI=1S/C27H29BrO6/c1-13(2)5-6-15-20(29)10-21(30)22-23(31)18-9-16-17(11-28)19-12-33-26(25(16)32,8-7-14(3)4)27(18,19)34-24(15)22/h5,7,9-10,16-17,19,29-30H,6,8,11-12H2,1-4H3. The highest BCUT2D eigenvalue weighted by Gasteiger charge is 2.79. The maximum absolute atomic E-state index is 14.0. The smallest absolute Gasteiger partial charge is 0.200 e. The molecule has 34 heavy (non-hydrogen) atoms. The summed E-state index contributed by atoms with van der Waals surface area (Å²) < 4.78 is 13.1. The zero-order valence-corrected chi connectivity index (χ0v) is 21.4. The number of aromatic hydroxyl groups is 2. The number of phenols is 2. The molecule has 5 unspecified atom stereocenters. The maximum Gasteiger partial charge on any atom is 0.200 e. The number of hydrogen-bond acceptors (Lipinski definition) is 6. The Morgan fingerprint density at radius 3 is 2.50 bits per heavy atom. The number of Topliss-reactive ketones (excluding diaryl/α,β-unsaturated/α-hetero) is 2. The third kappa shape index (κ3) is 2.83. The lowest BCUT2D eigenvalue weighted by Crippen LogP contribution is -2.74. The van der Waals surface area contributed by atoms with Crippen molar-refractivity contribution in [3.63, 3.8) is 0 Å². The molecule has 1 saturated heterocycles. The van der Waals surface area contributed by atoms with Gasteiger partial charge in [-0.1, -0.05) is 45.3 Å². The zero-order chi connectivity index (χ0) is 24.6. The van der Waals surface area contributed by atoms with Crippen LogP contribution in [-0.4, -0.2) is 44.9 Å². The molecular formula is C27H29BrO6. The molecule has 0 amide bonds. The van der Waals surface area contributed by atoms with E-state index in [0.717, 1.165) is 11.1 Å². The van der Waals surface area contributed by atoms with E-state index in [1.165, 1.54) is 6.07 Å². The van der Waals surface area contributed by atoms with Crippen molar-refractivity contribution < 1.29 is 29.3 Å². The fourth-order valence-corrected chi connectivity index (χ4v) is 7.05. The number of fused-ring (bicyclic) bond motifs is 1. The Morgan fingerprint density at radius 1 is 1.15 bits per heavy atom. The number of phenolic OH excluding ortho intramolecular Hbond substituents is 2. The Kier molecular flexibility index (Phi) is 5.37. The molecule has 7 heteroatoms. The van der Waals surface area contributed by atoms with Crippen molar-refractivity contribution >= 4 is 27.5 Å². The Hall–Kier alpha value is -2.38. The second-order valence-corrected chi connectivity index (χ2v) is 10.9. The van der Waals surface area contributed by atoms with Gasteiger partial charge in [0, 0.05) is 40.8 Å². The van der Waals surface area contributed by atoms with Gasteiger partial charge in [-0.15, -0.1) is 0 Å². The van der Waals surface area contributed by atoms with Crippen LogP contribution in [0.2, 0.25) is 0 Å². The number of rotatable bonds is 5. The van der Waals surface area contributed by atoms with Gasteiger partial charge >= 0.3 is 0 Å². The predicted molar refractivity (Wildman–Crippen MR) is 131 cm³/mol. The van der Waals surface area contributed by atoms with Gasteiger partial charge < -0.3 is 19.7 Å². The molecule has 1 aromatic carbocycles. The Balaban J connectivity index is 1.80. The largest absolute Gasteiger partial charge is 0.507 e. The fourth-order valence-electron chi connectivity index (χ4n) is 6.19. The molecule has 5 aliphatic rings. The van der Waals surface area contributed by atoms with Crippen LogP contribution in [-0.2, 0) is 16.0 Å². The highest BCUT2D eigenvalue weighted by molar-refractivity contribution is 9.09. The first-order chi connectivity index (χ1) is 16.1. The number of ether oxygens (including phenoxy) is 2. The summed E-state index contributed by atoms with van der Waals surface area (Å²) in [6.45, 7) is 8.10. The van der Waals surface area contributed by atoms with Crippen LogP contribution in [0, 0.1) is 17.8 Å². The van der Waals surface area contributed by atoms with Crippen molar-refractivity contribution in [1.82, 2.24) is 0 Å². The average molecular weight is 529 g/mol. The molecule has 6 nitrogen and oxygen atoms in total. The van der Waals surface area contributed by atoms with Gasteiger partial charge in [0.25, 0.3) is 0 Å². The Bertz CT molecular complexity index is 1200. The molecule has 2 aliphatic heterocycles. The molecular weight excluding hydrogens is 500 g/mol. The van der Waals surface area contributed by atoms with Gasteiger partial charge in [0.1, 0.15) is 22.8 Å². The number of hydrogen-bond donors (Lipinski definition) is 2. The molecule has 1 saturated carbocycles. The van der Waals surface area contributed by atoms with Crippen LogP contribution in [0.3, 0.4) is 0 Å².